The van der Waals surface area contributed by atoms with Crippen molar-refractivity contribution >= 4 is 5.97 Å². The highest BCUT2D eigenvalue weighted by Crippen LogP contribution is 2.30. The van der Waals surface area contributed by atoms with Gasteiger partial charge in [-0.2, -0.15) is 0 Å². The molecule has 1 heterocycles. The quantitative estimate of drug-likeness (QED) is 0.782. The second kappa shape index (κ2) is 6.47. The van der Waals surface area contributed by atoms with Crippen LogP contribution in [0.15, 0.2) is 28.7 Å². The number of benzene rings is 1. The number of aryl methyl sites for hydroxylation is 1. The minimum atomic E-state index is -2.91. The summed E-state index contributed by atoms with van der Waals surface area (Å²) in [6.45, 7) is 3.59. The Morgan fingerprint density at radius 3 is 2.67 bits per heavy atom. The minimum absolute atomic E-state index is 0.00537. The Hall–Kier alpha value is -2.24. The second-order valence-electron chi connectivity index (χ2n) is 4.27. The van der Waals surface area contributed by atoms with E-state index in [0.717, 1.165) is 5.56 Å². The molecule has 1 aromatic carbocycles. The largest absolute Gasteiger partial charge is 0.460 e. The highest BCUT2D eigenvalue weighted by Gasteiger charge is 2.28. The zero-order valence-corrected chi connectivity index (χ0v) is 11.7. The van der Waals surface area contributed by atoms with Gasteiger partial charge in [-0.1, -0.05) is 25.1 Å². The lowest BCUT2D eigenvalue weighted by atomic mass is 10.1. The van der Waals surface area contributed by atoms with Crippen LogP contribution in [0, 0.1) is 0 Å². The molecule has 0 radical (unpaired) electrons. The van der Waals surface area contributed by atoms with Gasteiger partial charge in [0, 0.05) is 5.56 Å². The molecule has 4 nitrogen and oxygen atoms in total. The summed E-state index contributed by atoms with van der Waals surface area (Å²) in [5.41, 5.74) is 0.807. The van der Waals surface area contributed by atoms with Gasteiger partial charge in [-0.05, 0) is 25.0 Å². The van der Waals surface area contributed by atoms with Crippen LogP contribution in [-0.2, 0) is 11.2 Å². The maximum atomic E-state index is 13.0. The summed E-state index contributed by atoms with van der Waals surface area (Å²) >= 11 is 0. The predicted molar refractivity (Wildman–Crippen MR) is 72.2 cm³/mol. The van der Waals surface area contributed by atoms with E-state index < -0.39 is 23.8 Å². The molecule has 112 valence electrons. The maximum absolute atomic E-state index is 13.0. The number of hydrogen-bond donors (Lipinski definition) is 0. The third-order valence-corrected chi connectivity index (χ3v) is 2.95. The highest BCUT2D eigenvalue weighted by molar-refractivity contribution is 5.88. The van der Waals surface area contributed by atoms with E-state index in [2.05, 4.69) is 4.98 Å². The Kier molecular flexibility index (Phi) is 4.67. The third-order valence-electron chi connectivity index (χ3n) is 2.95. The van der Waals surface area contributed by atoms with E-state index >= 15 is 0 Å². The lowest BCUT2D eigenvalue weighted by molar-refractivity contribution is 0.0476. The van der Waals surface area contributed by atoms with Gasteiger partial charge < -0.3 is 9.15 Å². The Morgan fingerprint density at radius 2 is 2.05 bits per heavy atom. The molecule has 0 atom stereocenters. The summed E-state index contributed by atoms with van der Waals surface area (Å²) in [6, 6.07) is 7.16. The summed E-state index contributed by atoms with van der Waals surface area (Å²) in [7, 11) is 0. The fourth-order valence-corrected chi connectivity index (χ4v) is 1.98. The van der Waals surface area contributed by atoms with Crippen LogP contribution < -0.4 is 0 Å². The number of alkyl halides is 2. The molecule has 0 amide bonds. The van der Waals surface area contributed by atoms with Crippen molar-refractivity contribution in [1.29, 1.82) is 0 Å². The van der Waals surface area contributed by atoms with Gasteiger partial charge in [-0.25, -0.2) is 18.6 Å². The van der Waals surface area contributed by atoms with Crippen LogP contribution in [0.1, 0.15) is 42.1 Å². The van der Waals surface area contributed by atoms with Crippen molar-refractivity contribution in [3.8, 4) is 11.5 Å². The number of carbonyl (C=O) groups excluding carboxylic acids is 1. The van der Waals surface area contributed by atoms with Crippen LogP contribution in [0.2, 0.25) is 0 Å². The van der Waals surface area contributed by atoms with Gasteiger partial charge in [0.15, 0.2) is 5.69 Å². The van der Waals surface area contributed by atoms with Crippen LogP contribution in [0.3, 0.4) is 0 Å². The van der Waals surface area contributed by atoms with Gasteiger partial charge in [0.2, 0.25) is 11.7 Å². The minimum Gasteiger partial charge on any atom is -0.460 e. The molecule has 0 saturated carbocycles. The summed E-state index contributed by atoms with van der Waals surface area (Å²) in [4.78, 5) is 15.5. The standard InChI is InChI=1S/C15H15F2NO3/c1-3-9-7-5-6-8-10(9)14-18-11(13(16)17)12(21-14)15(19)20-4-2/h5-8,13H,3-4H2,1-2H3. The van der Waals surface area contributed by atoms with E-state index in [9.17, 15) is 13.6 Å². The number of oxazole rings is 1. The van der Waals surface area contributed by atoms with Crippen LogP contribution in [0.4, 0.5) is 8.78 Å². The second-order valence-corrected chi connectivity index (χ2v) is 4.27. The first kappa shape index (κ1) is 15.2. The molecule has 21 heavy (non-hydrogen) atoms. The third kappa shape index (κ3) is 3.09. The van der Waals surface area contributed by atoms with Crippen LogP contribution >= 0.6 is 0 Å². The molecule has 1 aromatic heterocycles. The lowest BCUT2D eigenvalue weighted by Gasteiger charge is -2.02. The smallest absolute Gasteiger partial charge is 0.376 e. The number of nitrogens with zero attached hydrogens (tertiary/aromatic N) is 1. The molecule has 0 fully saturated rings. The van der Waals surface area contributed by atoms with Crippen molar-refractivity contribution in [1.82, 2.24) is 4.98 Å². The highest BCUT2D eigenvalue weighted by atomic mass is 19.3. The summed E-state index contributed by atoms with van der Waals surface area (Å²) < 4.78 is 36.0. The SMILES string of the molecule is CCOC(=O)c1oc(-c2ccccc2CC)nc1C(F)F. The lowest BCUT2D eigenvalue weighted by Crippen LogP contribution is -2.06. The Bertz CT molecular complexity index is 638. The van der Waals surface area contributed by atoms with Crippen LogP contribution in [-0.4, -0.2) is 17.6 Å². The van der Waals surface area contributed by atoms with Gasteiger partial charge in [0.05, 0.1) is 6.61 Å². The average Bonchev–Trinajstić information content (AvgIpc) is 2.92. The molecule has 0 aliphatic heterocycles. The van der Waals surface area contributed by atoms with Gasteiger partial charge in [-0.15, -0.1) is 0 Å². The normalized spacial score (nSPS) is 10.9. The van der Waals surface area contributed by atoms with E-state index in [1.807, 2.05) is 19.1 Å². The Balaban J connectivity index is 2.51. The number of esters is 1. The average molecular weight is 295 g/mol. The van der Waals surface area contributed by atoms with E-state index in [1.165, 1.54) is 0 Å². The molecule has 2 aromatic rings. The number of carbonyl (C=O) groups is 1. The van der Waals surface area contributed by atoms with Gasteiger partial charge in [0.25, 0.3) is 6.43 Å². The number of aromatic nitrogens is 1. The van der Waals surface area contributed by atoms with Gasteiger partial charge in [-0.3, -0.25) is 0 Å². The monoisotopic (exact) mass is 295 g/mol. The van der Waals surface area contributed by atoms with Gasteiger partial charge >= 0.3 is 5.97 Å². The number of ether oxygens (including phenoxy) is 1. The van der Waals surface area contributed by atoms with E-state index in [1.54, 1.807) is 19.1 Å². The Morgan fingerprint density at radius 1 is 1.33 bits per heavy atom. The maximum Gasteiger partial charge on any atom is 0.376 e. The fourth-order valence-electron chi connectivity index (χ4n) is 1.98. The zero-order chi connectivity index (χ0) is 15.4. The molecule has 0 aliphatic rings. The first-order chi connectivity index (χ1) is 10.1. The molecule has 0 bridgehead atoms. The summed E-state index contributed by atoms with van der Waals surface area (Å²) in [6.07, 6.45) is -2.21. The predicted octanol–water partition coefficient (Wildman–Crippen LogP) is 4.02. The number of hydrogen-bond acceptors (Lipinski definition) is 4. The molecule has 0 N–H and O–H groups in total. The van der Waals surface area contributed by atoms with Crippen LogP contribution in [0.5, 0.6) is 0 Å². The van der Waals surface area contributed by atoms with Gasteiger partial charge in [0.1, 0.15) is 0 Å². The molecule has 0 spiro atoms. The Labute approximate surface area is 120 Å². The molecule has 2 rings (SSSR count). The molecule has 6 heteroatoms. The summed E-state index contributed by atoms with van der Waals surface area (Å²) in [5.74, 6) is -1.46. The topological polar surface area (TPSA) is 52.3 Å². The fraction of sp³-hybridized carbons (Fsp3) is 0.333. The molecule has 0 saturated heterocycles. The molecular weight excluding hydrogens is 280 g/mol. The van der Waals surface area contributed by atoms with Crippen molar-refractivity contribution < 1.29 is 22.7 Å². The van der Waals surface area contributed by atoms with E-state index in [4.69, 9.17) is 9.15 Å². The van der Waals surface area contributed by atoms with E-state index in [0.29, 0.717) is 12.0 Å². The van der Waals surface area contributed by atoms with Crippen LogP contribution in [0.25, 0.3) is 11.5 Å². The zero-order valence-electron chi connectivity index (χ0n) is 11.7. The molecular formula is C15H15F2NO3. The van der Waals surface area contributed by atoms with Crippen molar-refractivity contribution in [2.45, 2.75) is 26.7 Å². The van der Waals surface area contributed by atoms with Crippen molar-refractivity contribution in [2.24, 2.45) is 0 Å². The summed E-state index contributed by atoms with van der Waals surface area (Å²) in [5, 5.41) is 0. The number of rotatable bonds is 5. The van der Waals surface area contributed by atoms with Crippen molar-refractivity contribution in [2.75, 3.05) is 6.61 Å². The molecule has 0 aliphatic carbocycles. The first-order valence-corrected chi connectivity index (χ1v) is 6.62. The first-order valence-electron chi connectivity index (χ1n) is 6.62. The number of halogens is 2. The van der Waals surface area contributed by atoms with Crippen molar-refractivity contribution in [3.63, 3.8) is 0 Å². The molecule has 0 unspecified atom stereocenters. The van der Waals surface area contributed by atoms with Crippen molar-refractivity contribution in [3.05, 3.63) is 41.3 Å². The van der Waals surface area contributed by atoms with E-state index in [-0.39, 0.29) is 12.5 Å².